The van der Waals surface area contributed by atoms with E-state index in [9.17, 15) is 4.79 Å². The van der Waals surface area contributed by atoms with Crippen LogP contribution in [0.4, 0.5) is 5.69 Å². The molecule has 0 spiro atoms. The second-order valence-corrected chi connectivity index (χ2v) is 7.08. The molecule has 1 saturated heterocycles. The monoisotopic (exact) mass is 334 g/mol. The molecule has 3 atom stereocenters. The predicted octanol–water partition coefficient (Wildman–Crippen LogP) is 3.32. The lowest BCUT2D eigenvalue weighted by Crippen LogP contribution is -2.48. The van der Waals surface area contributed by atoms with Crippen LogP contribution in [0.2, 0.25) is 0 Å². The minimum absolute atomic E-state index is 0.155. The normalized spacial score (nSPS) is 22.0. The van der Waals surface area contributed by atoms with E-state index >= 15 is 0 Å². The average molecular weight is 334 g/mol. The Morgan fingerprint density at radius 2 is 1.71 bits per heavy atom. The van der Waals surface area contributed by atoms with Crippen LogP contribution in [-0.2, 0) is 4.79 Å². The van der Waals surface area contributed by atoms with E-state index in [4.69, 9.17) is 9.47 Å². The number of anilines is 1. The van der Waals surface area contributed by atoms with Gasteiger partial charge in [-0.3, -0.25) is 4.79 Å². The molecule has 0 unspecified atom stereocenters. The Morgan fingerprint density at radius 1 is 1.17 bits per heavy atom. The molecule has 24 heavy (non-hydrogen) atoms. The molecular formula is C19H30N2O3. The van der Waals surface area contributed by atoms with Gasteiger partial charge in [-0.25, -0.2) is 0 Å². The highest BCUT2D eigenvalue weighted by Crippen LogP contribution is 2.33. The standard InChI is InChI=1S/C19H30N2O3/c1-12-7-13(2)11-21(10-12)19(22)15(4)20-16-9-18(24-6)17(23-5)8-14(16)3/h8-9,12-13,15,20H,7,10-11H2,1-6H3/t12-,13+,15-/m0/s1. The summed E-state index contributed by atoms with van der Waals surface area (Å²) in [5.74, 6) is 2.63. The van der Waals surface area contributed by atoms with Crippen molar-refractivity contribution in [1.82, 2.24) is 4.90 Å². The molecule has 1 heterocycles. The molecule has 1 aromatic carbocycles. The minimum Gasteiger partial charge on any atom is -0.493 e. The Bertz CT molecular complexity index is 578. The van der Waals surface area contributed by atoms with E-state index in [-0.39, 0.29) is 11.9 Å². The highest BCUT2D eigenvalue weighted by molar-refractivity contribution is 5.85. The molecule has 0 aliphatic carbocycles. The van der Waals surface area contributed by atoms with Crippen LogP contribution in [0.3, 0.4) is 0 Å². The summed E-state index contributed by atoms with van der Waals surface area (Å²) >= 11 is 0. The first kappa shape index (κ1) is 18.4. The highest BCUT2D eigenvalue weighted by Gasteiger charge is 2.28. The van der Waals surface area contributed by atoms with Crippen molar-refractivity contribution in [3.8, 4) is 11.5 Å². The first-order valence-electron chi connectivity index (χ1n) is 8.63. The number of hydrogen-bond donors (Lipinski definition) is 1. The number of likely N-dealkylation sites (tertiary alicyclic amines) is 1. The topological polar surface area (TPSA) is 50.8 Å². The van der Waals surface area contributed by atoms with E-state index in [2.05, 4.69) is 19.2 Å². The van der Waals surface area contributed by atoms with Crippen LogP contribution in [0.5, 0.6) is 11.5 Å². The average Bonchev–Trinajstić information content (AvgIpc) is 2.54. The van der Waals surface area contributed by atoms with Crippen molar-refractivity contribution >= 4 is 11.6 Å². The molecule has 0 radical (unpaired) electrons. The van der Waals surface area contributed by atoms with Gasteiger partial charge in [-0.1, -0.05) is 13.8 Å². The number of amides is 1. The van der Waals surface area contributed by atoms with Gasteiger partial charge in [0.25, 0.3) is 0 Å². The van der Waals surface area contributed by atoms with Crippen molar-refractivity contribution in [2.24, 2.45) is 11.8 Å². The fourth-order valence-corrected chi connectivity index (χ4v) is 3.55. The van der Waals surface area contributed by atoms with E-state index in [1.165, 1.54) is 6.42 Å². The number of nitrogens with one attached hydrogen (secondary N) is 1. The van der Waals surface area contributed by atoms with Crippen LogP contribution in [0, 0.1) is 18.8 Å². The molecule has 1 aliphatic rings. The number of aryl methyl sites for hydroxylation is 1. The number of methoxy groups -OCH3 is 2. The van der Waals surface area contributed by atoms with E-state index in [0.29, 0.717) is 23.3 Å². The summed E-state index contributed by atoms with van der Waals surface area (Å²) in [4.78, 5) is 14.8. The summed E-state index contributed by atoms with van der Waals surface area (Å²) in [7, 11) is 3.23. The zero-order valence-electron chi connectivity index (χ0n) is 15.7. The third-order valence-corrected chi connectivity index (χ3v) is 4.65. The molecule has 2 rings (SSSR count). The maximum Gasteiger partial charge on any atom is 0.244 e. The lowest BCUT2D eigenvalue weighted by atomic mass is 9.91. The largest absolute Gasteiger partial charge is 0.493 e. The maximum absolute atomic E-state index is 12.8. The van der Waals surface area contributed by atoms with Crippen molar-refractivity contribution < 1.29 is 14.3 Å². The molecule has 0 saturated carbocycles. The first-order chi connectivity index (χ1) is 11.3. The third-order valence-electron chi connectivity index (χ3n) is 4.65. The Morgan fingerprint density at radius 3 is 2.25 bits per heavy atom. The first-order valence-corrected chi connectivity index (χ1v) is 8.63. The second kappa shape index (κ2) is 7.77. The Balaban J connectivity index is 2.11. The van der Waals surface area contributed by atoms with Crippen molar-refractivity contribution in [1.29, 1.82) is 0 Å². The van der Waals surface area contributed by atoms with Crippen molar-refractivity contribution in [2.75, 3.05) is 32.6 Å². The molecule has 134 valence electrons. The van der Waals surface area contributed by atoms with Crippen LogP contribution >= 0.6 is 0 Å². The number of carbonyl (C=O) groups is 1. The predicted molar refractivity (Wildman–Crippen MR) is 96.9 cm³/mol. The van der Waals surface area contributed by atoms with Gasteiger partial charge >= 0.3 is 0 Å². The summed E-state index contributed by atoms with van der Waals surface area (Å²) < 4.78 is 10.7. The van der Waals surface area contributed by atoms with E-state index < -0.39 is 0 Å². The van der Waals surface area contributed by atoms with Crippen LogP contribution < -0.4 is 14.8 Å². The summed E-state index contributed by atoms with van der Waals surface area (Å²) in [6.45, 7) is 10.0. The van der Waals surface area contributed by atoms with Gasteiger partial charge in [0.2, 0.25) is 5.91 Å². The van der Waals surface area contributed by atoms with E-state index in [0.717, 1.165) is 24.3 Å². The van der Waals surface area contributed by atoms with Gasteiger partial charge in [-0.2, -0.15) is 0 Å². The zero-order valence-corrected chi connectivity index (χ0v) is 15.7. The number of ether oxygens (including phenoxy) is 2. The van der Waals surface area contributed by atoms with Crippen LogP contribution in [0.15, 0.2) is 12.1 Å². The fourth-order valence-electron chi connectivity index (χ4n) is 3.55. The maximum atomic E-state index is 12.8. The smallest absolute Gasteiger partial charge is 0.244 e. The van der Waals surface area contributed by atoms with Gasteiger partial charge < -0.3 is 19.7 Å². The lowest BCUT2D eigenvalue weighted by molar-refractivity contribution is -0.134. The molecule has 1 N–H and O–H groups in total. The number of carbonyl (C=O) groups excluding carboxylic acids is 1. The second-order valence-electron chi connectivity index (χ2n) is 7.08. The third kappa shape index (κ3) is 4.13. The van der Waals surface area contributed by atoms with Crippen molar-refractivity contribution in [3.63, 3.8) is 0 Å². The van der Waals surface area contributed by atoms with Gasteiger partial charge in [0.1, 0.15) is 6.04 Å². The van der Waals surface area contributed by atoms with Crippen molar-refractivity contribution in [3.05, 3.63) is 17.7 Å². The molecule has 1 aliphatic heterocycles. The van der Waals surface area contributed by atoms with Crippen LogP contribution in [0.1, 0.15) is 32.8 Å². The van der Waals surface area contributed by atoms with E-state index in [1.54, 1.807) is 14.2 Å². The molecule has 5 nitrogen and oxygen atoms in total. The lowest BCUT2D eigenvalue weighted by Gasteiger charge is -2.36. The molecule has 1 aromatic rings. The summed E-state index contributed by atoms with van der Waals surface area (Å²) in [6, 6.07) is 3.53. The van der Waals surface area contributed by atoms with Gasteiger partial charge in [0.05, 0.1) is 14.2 Å². The molecule has 5 heteroatoms. The molecular weight excluding hydrogens is 304 g/mol. The van der Waals surface area contributed by atoms with Crippen LogP contribution in [-0.4, -0.2) is 44.2 Å². The number of rotatable bonds is 5. The minimum atomic E-state index is -0.278. The molecule has 0 bridgehead atoms. The Labute approximate surface area is 145 Å². The quantitative estimate of drug-likeness (QED) is 0.897. The van der Waals surface area contributed by atoms with Gasteiger partial charge in [0.15, 0.2) is 11.5 Å². The molecule has 1 amide bonds. The Hall–Kier alpha value is -1.91. The molecule has 0 aromatic heterocycles. The fraction of sp³-hybridized carbons (Fsp3) is 0.632. The summed E-state index contributed by atoms with van der Waals surface area (Å²) in [5, 5.41) is 3.34. The summed E-state index contributed by atoms with van der Waals surface area (Å²) in [6.07, 6.45) is 1.19. The zero-order chi connectivity index (χ0) is 17.9. The van der Waals surface area contributed by atoms with E-state index in [1.807, 2.05) is 30.9 Å². The number of hydrogen-bond acceptors (Lipinski definition) is 4. The van der Waals surface area contributed by atoms with Crippen LogP contribution in [0.25, 0.3) is 0 Å². The molecule has 1 fully saturated rings. The number of nitrogens with zero attached hydrogens (tertiary/aromatic N) is 1. The highest BCUT2D eigenvalue weighted by atomic mass is 16.5. The van der Waals surface area contributed by atoms with Crippen molar-refractivity contribution in [2.45, 2.75) is 40.2 Å². The summed E-state index contributed by atoms with van der Waals surface area (Å²) in [5.41, 5.74) is 1.92. The van der Waals surface area contributed by atoms with Gasteiger partial charge in [0, 0.05) is 24.8 Å². The number of piperidine rings is 1. The van der Waals surface area contributed by atoms with Gasteiger partial charge in [-0.05, 0) is 43.7 Å². The Kier molecular flexibility index (Phi) is 5.97. The number of benzene rings is 1. The van der Waals surface area contributed by atoms with Gasteiger partial charge in [-0.15, -0.1) is 0 Å². The SMILES string of the molecule is COc1cc(C)c(N[C@@H](C)C(=O)N2C[C@H](C)C[C@H](C)C2)cc1OC.